The van der Waals surface area contributed by atoms with Gasteiger partial charge in [-0.1, -0.05) is 26.0 Å². The molecule has 0 saturated carbocycles. The summed E-state index contributed by atoms with van der Waals surface area (Å²) < 4.78 is 5.12. The van der Waals surface area contributed by atoms with Gasteiger partial charge in [-0.15, -0.1) is 0 Å². The van der Waals surface area contributed by atoms with Crippen molar-refractivity contribution in [2.75, 3.05) is 7.11 Å². The Balaban J connectivity index is 3.15. The molecule has 1 unspecified atom stereocenters. The molecule has 0 radical (unpaired) electrons. The average molecular weight is 245 g/mol. The lowest BCUT2D eigenvalue weighted by Gasteiger charge is -2.30. The maximum Gasteiger partial charge on any atom is 0.120 e. The minimum atomic E-state index is -0.604. The van der Waals surface area contributed by atoms with E-state index < -0.39 is 5.41 Å². The largest absolute Gasteiger partial charge is 0.497 e. The van der Waals surface area contributed by atoms with Gasteiger partial charge < -0.3 is 9.53 Å². The lowest BCUT2D eigenvalue weighted by molar-refractivity contribution is -0.108. The highest BCUT2D eigenvalue weighted by Crippen LogP contribution is 2.36. The molecule has 3 heteroatoms. The van der Waals surface area contributed by atoms with E-state index in [2.05, 4.69) is 6.07 Å². The van der Waals surface area contributed by atoms with Crippen molar-refractivity contribution in [3.63, 3.8) is 0 Å². The third-order valence-electron chi connectivity index (χ3n) is 3.45. The van der Waals surface area contributed by atoms with Crippen LogP contribution in [0.1, 0.15) is 32.3 Å². The standard InChI is InChI=1S/C15H19NO2/c1-12(2)15(11-16,9-4-10-17)13-5-7-14(18-3)8-6-13/h5-8,10,12H,4,9H2,1-3H3. The fourth-order valence-corrected chi connectivity index (χ4v) is 2.19. The van der Waals surface area contributed by atoms with Gasteiger partial charge in [-0.3, -0.25) is 0 Å². The van der Waals surface area contributed by atoms with E-state index in [0.29, 0.717) is 12.8 Å². The molecule has 0 aliphatic heterocycles. The summed E-state index contributed by atoms with van der Waals surface area (Å²) in [7, 11) is 1.61. The van der Waals surface area contributed by atoms with E-state index in [0.717, 1.165) is 17.6 Å². The first-order valence-corrected chi connectivity index (χ1v) is 6.10. The summed E-state index contributed by atoms with van der Waals surface area (Å²) >= 11 is 0. The smallest absolute Gasteiger partial charge is 0.120 e. The number of carbonyl (C=O) groups is 1. The van der Waals surface area contributed by atoms with Crippen LogP contribution in [0.5, 0.6) is 5.75 Å². The summed E-state index contributed by atoms with van der Waals surface area (Å²) in [6, 6.07) is 9.93. The Labute approximate surface area is 108 Å². The molecule has 0 aliphatic rings. The summed E-state index contributed by atoms with van der Waals surface area (Å²) in [5.41, 5.74) is 0.343. The number of ether oxygens (including phenoxy) is 1. The van der Waals surface area contributed by atoms with E-state index in [1.54, 1.807) is 7.11 Å². The van der Waals surface area contributed by atoms with E-state index in [1.807, 2.05) is 38.1 Å². The fourth-order valence-electron chi connectivity index (χ4n) is 2.19. The van der Waals surface area contributed by atoms with Crippen molar-refractivity contribution in [2.45, 2.75) is 32.1 Å². The highest BCUT2D eigenvalue weighted by Gasteiger charge is 2.35. The van der Waals surface area contributed by atoms with Crippen LogP contribution in [0.3, 0.4) is 0 Å². The average Bonchev–Trinajstić information content (AvgIpc) is 2.40. The number of methoxy groups -OCH3 is 1. The molecule has 1 aromatic carbocycles. The number of carbonyl (C=O) groups excluding carboxylic acids is 1. The molecule has 0 N–H and O–H groups in total. The van der Waals surface area contributed by atoms with Crippen LogP contribution < -0.4 is 4.74 Å². The van der Waals surface area contributed by atoms with Crippen molar-refractivity contribution < 1.29 is 9.53 Å². The predicted molar refractivity (Wildman–Crippen MR) is 70.4 cm³/mol. The highest BCUT2D eigenvalue weighted by molar-refractivity contribution is 5.50. The molecular weight excluding hydrogens is 226 g/mol. The number of hydrogen-bond acceptors (Lipinski definition) is 3. The van der Waals surface area contributed by atoms with Crippen LogP contribution in [0.15, 0.2) is 24.3 Å². The Bertz CT molecular complexity index is 431. The molecule has 0 saturated heterocycles. The van der Waals surface area contributed by atoms with Crippen molar-refractivity contribution in [2.24, 2.45) is 5.92 Å². The normalized spacial score (nSPS) is 13.7. The van der Waals surface area contributed by atoms with Crippen molar-refractivity contribution in [3.8, 4) is 11.8 Å². The van der Waals surface area contributed by atoms with Gasteiger partial charge in [0.25, 0.3) is 0 Å². The van der Waals surface area contributed by atoms with Crippen LogP contribution >= 0.6 is 0 Å². The van der Waals surface area contributed by atoms with Gasteiger partial charge in [0.2, 0.25) is 0 Å². The third-order valence-corrected chi connectivity index (χ3v) is 3.45. The molecule has 1 rings (SSSR count). The Morgan fingerprint density at radius 3 is 2.39 bits per heavy atom. The third kappa shape index (κ3) is 2.70. The monoisotopic (exact) mass is 245 g/mol. The molecule has 0 aliphatic carbocycles. The van der Waals surface area contributed by atoms with Crippen LogP contribution in [0.4, 0.5) is 0 Å². The van der Waals surface area contributed by atoms with Crippen LogP contribution in [0.25, 0.3) is 0 Å². The molecule has 0 amide bonds. The predicted octanol–water partition coefficient (Wildman–Crippen LogP) is 3.09. The topological polar surface area (TPSA) is 50.1 Å². The Morgan fingerprint density at radius 2 is 2.00 bits per heavy atom. The number of benzene rings is 1. The summed E-state index contributed by atoms with van der Waals surface area (Å²) in [6.45, 7) is 4.02. The van der Waals surface area contributed by atoms with E-state index >= 15 is 0 Å². The van der Waals surface area contributed by atoms with Gasteiger partial charge in [-0.25, -0.2) is 0 Å². The highest BCUT2D eigenvalue weighted by atomic mass is 16.5. The lowest BCUT2D eigenvalue weighted by Crippen LogP contribution is -2.30. The van der Waals surface area contributed by atoms with E-state index in [-0.39, 0.29) is 5.92 Å². The molecule has 0 aromatic heterocycles. The fraction of sp³-hybridized carbons (Fsp3) is 0.467. The first-order valence-electron chi connectivity index (χ1n) is 6.10. The van der Waals surface area contributed by atoms with Gasteiger partial charge >= 0.3 is 0 Å². The zero-order valence-electron chi connectivity index (χ0n) is 11.1. The molecule has 0 fully saturated rings. The molecule has 1 atom stereocenters. The Morgan fingerprint density at radius 1 is 1.39 bits per heavy atom. The number of rotatable bonds is 6. The minimum Gasteiger partial charge on any atom is -0.497 e. The molecule has 0 spiro atoms. The second-order valence-corrected chi connectivity index (χ2v) is 4.67. The quantitative estimate of drug-likeness (QED) is 0.724. The molecule has 3 nitrogen and oxygen atoms in total. The first-order chi connectivity index (χ1) is 8.60. The SMILES string of the molecule is COc1ccc(C(C#N)(CCC=O)C(C)C)cc1. The first kappa shape index (κ1) is 14.2. The maximum absolute atomic E-state index is 10.6. The summed E-state index contributed by atoms with van der Waals surface area (Å²) in [5, 5.41) is 9.56. The second kappa shape index (κ2) is 6.20. The summed E-state index contributed by atoms with van der Waals surface area (Å²) in [5.74, 6) is 0.917. The van der Waals surface area contributed by atoms with Gasteiger partial charge in [-0.2, -0.15) is 5.26 Å². The zero-order valence-corrected chi connectivity index (χ0v) is 11.1. The number of hydrogen-bond donors (Lipinski definition) is 0. The number of nitriles is 1. The van der Waals surface area contributed by atoms with E-state index in [1.165, 1.54) is 0 Å². The summed E-state index contributed by atoms with van der Waals surface area (Å²) in [4.78, 5) is 10.6. The van der Waals surface area contributed by atoms with Crippen molar-refractivity contribution in [1.29, 1.82) is 5.26 Å². The molecule has 96 valence electrons. The molecule has 0 bridgehead atoms. The Hall–Kier alpha value is -1.82. The second-order valence-electron chi connectivity index (χ2n) is 4.67. The lowest BCUT2D eigenvalue weighted by atomic mass is 9.70. The molecule has 1 aromatic rings. The minimum absolute atomic E-state index is 0.149. The van der Waals surface area contributed by atoms with Gasteiger partial charge in [-0.05, 0) is 30.0 Å². The van der Waals surface area contributed by atoms with Crippen LogP contribution in [0, 0.1) is 17.2 Å². The van der Waals surface area contributed by atoms with Gasteiger partial charge in [0.05, 0.1) is 18.6 Å². The number of nitrogens with zero attached hydrogens (tertiary/aromatic N) is 1. The van der Waals surface area contributed by atoms with Crippen LogP contribution in [-0.4, -0.2) is 13.4 Å². The van der Waals surface area contributed by atoms with Crippen LogP contribution in [0.2, 0.25) is 0 Å². The Kier molecular flexibility index (Phi) is 4.91. The van der Waals surface area contributed by atoms with Crippen molar-refractivity contribution >= 4 is 6.29 Å². The van der Waals surface area contributed by atoms with Crippen LogP contribution in [-0.2, 0) is 10.2 Å². The molecule has 0 heterocycles. The van der Waals surface area contributed by atoms with Crippen molar-refractivity contribution in [3.05, 3.63) is 29.8 Å². The van der Waals surface area contributed by atoms with Gasteiger partial charge in [0.15, 0.2) is 0 Å². The molecule has 18 heavy (non-hydrogen) atoms. The van der Waals surface area contributed by atoms with Crippen molar-refractivity contribution in [1.82, 2.24) is 0 Å². The zero-order chi connectivity index (χ0) is 13.6. The van der Waals surface area contributed by atoms with Gasteiger partial charge in [0.1, 0.15) is 12.0 Å². The number of aldehydes is 1. The maximum atomic E-state index is 10.6. The molecular formula is C15H19NO2. The summed E-state index contributed by atoms with van der Waals surface area (Å²) in [6.07, 6.45) is 1.83. The van der Waals surface area contributed by atoms with E-state index in [9.17, 15) is 10.1 Å². The van der Waals surface area contributed by atoms with E-state index in [4.69, 9.17) is 4.74 Å². The van der Waals surface area contributed by atoms with Gasteiger partial charge in [0, 0.05) is 6.42 Å².